The van der Waals surface area contributed by atoms with E-state index < -0.39 is 22.1 Å². The number of sulfonamides is 1. The smallest absolute Gasteiger partial charge is 0.331 e. The number of amides is 3. The van der Waals surface area contributed by atoms with Crippen molar-refractivity contribution < 1.29 is 27.5 Å². The lowest BCUT2D eigenvalue weighted by Crippen LogP contribution is -2.58. The largest absolute Gasteiger partial charge is 0.454 e. The highest BCUT2D eigenvalue weighted by molar-refractivity contribution is 7.90. The summed E-state index contributed by atoms with van der Waals surface area (Å²) in [7, 11) is -4.10. The molecule has 0 spiro atoms. The topological polar surface area (TPSA) is 161 Å². The number of anilines is 1. The fourth-order valence-corrected chi connectivity index (χ4v) is 6.33. The quantitative estimate of drug-likeness (QED) is 0.271. The predicted octanol–water partition coefficient (Wildman–Crippen LogP) is 2.90. The van der Waals surface area contributed by atoms with E-state index in [0.29, 0.717) is 17.3 Å². The number of hydrogen-bond acceptors (Lipinski definition) is 10. The summed E-state index contributed by atoms with van der Waals surface area (Å²) >= 11 is 6.38. The number of benzene rings is 2. The lowest BCUT2D eigenvalue weighted by Gasteiger charge is -2.42. The number of fused-ring (bicyclic) bond motifs is 1. The number of imidazole rings is 1. The molecular formula is C29H29ClN8O6S. The first-order chi connectivity index (χ1) is 21.7. The lowest BCUT2D eigenvalue weighted by molar-refractivity contribution is -0.122. The van der Waals surface area contributed by atoms with Crippen molar-refractivity contribution in [3.63, 3.8) is 0 Å². The summed E-state index contributed by atoms with van der Waals surface area (Å²) in [5.41, 5.74) is 0.827. The predicted molar refractivity (Wildman–Crippen MR) is 163 cm³/mol. The Labute approximate surface area is 264 Å². The molecule has 14 nitrogen and oxygen atoms in total. The first kappa shape index (κ1) is 30.1. The van der Waals surface area contributed by atoms with Crippen LogP contribution in [0.2, 0.25) is 5.15 Å². The van der Waals surface area contributed by atoms with Crippen molar-refractivity contribution in [2.75, 3.05) is 31.3 Å². The van der Waals surface area contributed by atoms with E-state index in [2.05, 4.69) is 25.0 Å². The molecule has 234 valence electrons. The van der Waals surface area contributed by atoms with Gasteiger partial charge >= 0.3 is 6.03 Å². The summed E-state index contributed by atoms with van der Waals surface area (Å²) in [5.74, 6) is 1.68. The molecule has 2 aliphatic rings. The fraction of sp³-hybridized carbons (Fsp3) is 0.276. The van der Waals surface area contributed by atoms with Crippen LogP contribution in [0.5, 0.6) is 11.5 Å². The molecule has 1 fully saturated rings. The molecule has 0 saturated carbocycles. The van der Waals surface area contributed by atoms with E-state index in [1.165, 1.54) is 23.4 Å². The normalized spacial score (nSPS) is 16.7. The molecule has 0 bridgehead atoms. The number of nitrogens with zero attached hydrogens (tertiary/aromatic N) is 6. The van der Waals surface area contributed by atoms with E-state index in [0.717, 1.165) is 5.56 Å². The van der Waals surface area contributed by atoms with E-state index in [9.17, 15) is 18.0 Å². The zero-order chi connectivity index (χ0) is 31.6. The number of hydrogen-bond donors (Lipinski definition) is 2. The van der Waals surface area contributed by atoms with Crippen molar-refractivity contribution in [2.24, 2.45) is 0 Å². The van der Waals surface area contributed by atoms with E-state index in [1.807, 2.05) is 24.0 Å². The monoisotopic (exact) mass is 652 g/mol. The van der Waals surface area contributed by atoms with Crippen molar-refractivity contribution in [3.8, 4) is 17.4 Å². The number of piperazine rings is 1. The van der Waals surface area contributed by atoms with Gasteiger partial charge in [0.2, 0.25) is 18.6 Å². The zero-order valence-electron chi connectivity index (χ0n) is 24.0. The lowest BCUT2D eigenvalue weighted by atomic mass is 10.1. The Bertz CT molecular complexity index is 1810. The number of aromatic nitrogens is 4. The minimum Gasteiger partial charge on any atom is -0.454 e. The number of nitrogens with one attached hydrogen (secondary N) is 2. The highest BCUT2D eigenvalue weighted by atomic mass is 35.5. The first-order valence-corrected chi connectivity index (χ1v) is 15.9. The summed E-state index contributed by atoms with van der Waals surface area (Å²) in [6.07, 6.45) is 4.76. The highest BCUT2D eigenvalue weighted by Crippen LogP contribution is 2.34. The Morgan fingerprint density at radius 3 is 2.64 bits per heavy atom. The van der Waals surface area contributed by atoms with Crippen molar-refractivity contribution in [2.45, 2.75) is 30.3 Å². The minimum absolute atomic E-state index is 0.0317. The minimum atomic E-state index is -4.10. The Kier molecular flexibility index (Phi) is 8.45. The van der Waals surface area contributed by atoms with E-state index in [4.69, 9.17) is 21.1 Å². The van der Waals surface area contributed by atoms with Crippen LogP contribution in [0.3, 0.4) is 0 Å². The molecular weight excluding hydrogens is 624 g/mol. The van der Waals surface area contributed by atoms with E-state index >= 15 is 0 Å². The molecule has 0 aliphatic carbocycles. The maximum absolute atomic E-state index is 13.4. The van der Waals surface area contributed by atoms with Crippen LogP contribution in [0.1, 0.15) is 24.9 Å². The van der Waals surface area contributed by atoms with Crippen molar-refractivity contribution in [1.29, 1.82) is 0 Å². The van der Waals surface area contributed by atoms with E-state index in [-0.39, 0.29) is 60.8 Å². The first-order valence-electron chi connectivity index (χ1n) is 14.0. The number of carbonyl (C=O) groups excluding carboxylic acids is 2. The Hall–Kier alpha value is -4.89. The number of carbonyl (C=O) groups is 2. The molecule has 1 saturated heterocycles. The molecule has 2 aromatic carbocycles. The third kappa shape index (κ3) is 6.78. The van der Waals surface area contributed by atoms with Crippen LogP contribution in [0.25, 0.3) is 5.95 Å². The van der Waals surface area contributed by atoms with Crippen molar-refractivity contribution in [3.05, 3.63) is 84.0 Å². The SMILES string of the molecule is CC(NC(=O)CC1CN(C(=O)NS(=O)(=O)c2ccccc2)CCN1c1cc(Cl)nc(-n2ccnc2)n1)c1ccc2c(c1)OCO2. The van der Waals surface area contributed by atoms with Gasteiger partial charge in [-0.15, -0.1) is 0 Å². The standard InChI is InChI=1S/C29H29ClN8O6S/c1-19(20-7-8-23-24(13-20)44-18-43-23)32-27(39)14-21-16-36(29(40)35-45(41,42)22-5-3-2-4-6-22)11-12-38(21)26-15-25(30)33-28(34-26)37-10-9-31-17-37/h2-10,13,15,17,19,21H,11-12,14,16,18H2,1H3,(H,32,39)(H,35,40). The second-order valence-corrected chi connectivity index (χ2v) is 12.5. The fourth-order valence-electron chi connectivity index (χ4n) is 5.17. The van der Waals surface area contributed by atoms with Crippen LogP contribution in [0, 0.1) is 0 Å². The number of halogens is 1. The number of ether oxygens (including phenoxy) is 2. The van der Waals surface area contributed by atoms with Crippen molar-refractivity contribution in [1.82, 2.24) is 34.5 Å². The van der Waals surface area contributed by atoms with Gasteiger partial charge in [0.05, 0.1) is 17.0 Å². The van der Waals surface area contributed by atoms with Crippen LogP contribution in [0.4, 0.5) is 10.6 Å². The Morgan fingerprint density at radius 1 is 1.07 bits per heavy atom. The van der Waals surface area contributed by atoms with Crippen LogP contribution in [-0.4, -0.2) is 77.2 Å². The highest BCUT2D eigenvalue weighted by Gasteiger charge is 2.34. The molecule has 45 heavy (non-hydrogen) atoms. The van der Waals surface area contributed by atoms with Gasteiger partial charge in [-0.25, -0.2) is 27.9 Å². The molecule has 0 radical (unpaired) electrons. The maximum atomic E-state index is 13.4. The Morgan fingerprint density at radius 2 is 1.87 bits per heavy atom. The van der Waals surface area contributed by atoms with Gasteiger partial charge in [0.25, 0.3) is 10.0 Å². The van der Waals surface area contributed by atoms with Crippen LogP contribution in [0.15, 0.2) is 78.2 Å². The van der Waals surface area contributed by atoms with Crippen molar-refractivity contribution >= 4 is 39.4 Å². The number of rotatable bonds is 8. The molecule has 2 unspecified atom stereocenters. The second-order valence-electron chi connectivity index (χ2n) is 10.4. The van der Waals surface area contributed by atoms with Crippen LogP contribution >= 0.6 is 11.6 Å². The van der Waals surface area contributed by atoms with Gasteiger partial charge in [-0.3, -0.25) is 9.36 Å². The molecule has 16 heteroatoms. The Balaban J connectivity index is 1.22. The zero-order valence-corrected chi connectivity index (χ0v) is 25.6. The summed E-state index contributed by atoms with van der Waals surface area (Å²) in [5, 5.41) is 3.19. The summed E-state index contributed by atoms with van der Waals surface area (Å²) in [6.45, 7) is 2.42. The third-order valence-corrected chi connectivity index (χ3v) is 8.97. The molecule has 6 rings (SSSR count). The van der Waals surface area contributed by atoms with Crippen LogP contribution in [-0.2, 0) is 14.8 Å². The molecule has 4 heterocycles. The third-order valence-electron chi connectivity index (χ3n) is 7.44. The molecule has 4 aromatic rings. The molecule has 2 aromatic heterocycles. The van der Waals surface area contributed by atoms with E-state index in [1.54, 1.807) is 47.3 Å². The summed E-state index contributed by atoms with van der Waals surface area (Å²) < 4.78 is 40.3. The molecule has 2 aliphatic heterocycles. The van der Waals surface area contributed by atoms with Gasteiger partial charge in [0.1, 0.15) is 17.3 Å². The molecule has 2 N–H and O–H groups in total. The summed E-state index contributed by atoms with van der Waals surface area (Å²) in [4.78, 5) is 42.8. The van der Waals surface area contributed by atoms with Gasteiger partial charge in [0.15, 0.2) is 11.5 Å². The molecule has 3 amide bonds. The van der Waals surface area contributed by atoms with Gasteiger partial charge in [-0.1, -0.05) is 35.9 Å². The average molecular weight is 653 g/mol. The van der Waals surface area contributed by atoms with Gasteiger partial charge < -0.3 is 24.6 Å². The van der Waals surface area contributed by atoms with Crippen LogP contribution < -0.4 is 24.4 Å². The average Bonchev–Trinajstić information content (AvgIpc) is 3.73. The van der Waals surface area contributed by atoms with Gasteiger partial charge in [-0.05, 0) is 36.8 Å². The summed E-state index contributed by atoms with van der Waals surface area (Å²) in [6, 6.07) is 12.9. The van der Waals surface area contributed by atoms with Gasteiger partial charge in [-0.2, -0.15) is 4.98 Å². The number of urea groups is 1. The second kappa shape index (κ2) is 12.6. The van der Waals surface area contributed by atoms with Gasteiger partial charge in [0, 0.05) is 44.5 Å². The molecule has 2 atom stereocenters. The maximum Gasteiger partial charge on any atom is 0.331 e.